The molecule has 5 rings (SSSR count). The van der Waals surface area contributed by atoms with Crippen LogP contribution in [0.5, 0.6) is 0 Å². The SMILES string of the molecule is [C-]#[N+]C([N+]#[C-])=C1Cc2c(-c3cc(F)c(S(C)(=O)=O)c(F)c3)c3c(c(-c4cc(F)c(S(C)(=O)=O)c(F)c4)c2=C1[N+]#[C-])CC(=C(C#N)C#N)C=3C#N. The molecule has 2 aliphatic rings. The molecule has 3 aromatic rings. The van der Waals surface area contributed by atoms with Gasteiger partial charge in [0, 0.05) is 29.7 Å². The van der Waals surface area contributed by atoms with Crippen molar-refractivity contribution in [2.45, 2.75) is 22.6 Å². The Morgan fingerprint density at radius 3 is 1.46 bits per heavy atom. The van der Waals surface area contributed by atoms with Crippen molar-refractivity contribution in [3.63, 3.8) is 0 Å². The van der Waals surface area contributed by atoms with Gasteiger partial charge >= 0.3 is 5.82 Å². The fourth-order valence-electron chi connectivity index (χ4n) is 6.29. The van der Waals surface area contributed by atoms with Crippen molar-refractivity contribution in [1.29, 1.82) is 15.8 Å². The minimum Gasteiger partial charge on any atom is -0.238 e. The second-order valence-electron chi connectivity index (χ2n) is 10.9. The maximum atomic E-state index is 15.5. The van der Waals surface area contributed by atoms with Gasteiger partial charge in [0.05, 0.1) is 17.7 Å². The Hall–Kier alpha value is -6.56. The molecule has 0 spiro atoms. The van der Waals surface area contributed by atoms with Crippen molar-refractivity contribution >= 4 is 30.9 Å². The maximum absolute atomic E-state index is 15.5. The molecule has 244 valence electrons. The van der Waals surface area contributed by atoms with Gasteiger partial charge in [-0.1, -0.05) is 0 Å². The van der Waals surface area contributed by atoms with Crippen molar-refractivity contribution in [2.75, 3.05) is 12.5 Å². The number of sulfone groups is 2. The average Bonchev–Trinajstić information content (AvgIpc) is 3.57. The van der Waals surface area contributed by atoms with Gasteiger partial charge in [0.1, 0.15) is 70.0 Å². The van der Waals surface area contributed by atoms with Crippen LogP contribution >= 0.6 is 0 Å². The number of allylic oxidation sites excluding steroid dienone is 2. The highest BCUT2D eigenvalue weighted by molar-refractivity contribution is 7.91. The average molecular weight is 711 g/mol. The Kier molecular flexibility index (Phi) is 8.45. The summed E-state index contributed by atoms with van der Waals surface area (Å²) < 4.78 is 111. The first kappa shape index (κ1) is 34.8. The van der Waals surface area contributed by atoms with Crippen molar-refractivity contribution in [2.24, 2.45) is 0 Å². The van der Waals surface area contributed by atoms with E-state index in [1.165, 1.54) is 0 Å². The summed E-state index contributed by atoms with van der Waals surface area (Å²) in [4.78, 5) is 7.31. The number of benzene rings is 3. The maximum Gasteiger partial charge on any atom is 0.512 e. The zero-order valence-corrected chi connectivity index (χ0v) is 27.0. The molecule has 0 fully saturated rings. The van der Waals surface area contributed by atoms with Crippen LogP contribution in [0.15, 0.2) is 56.6 Å². The Labute approximate surface area is 282 Å². The highest BCUT2D eigenvalue weighted by atomic mass is 32.2. The molecule has 3 aromatic carbocycles. The first-order valence-corrected chi connectivity index (χ1v) is 17.4. The van der Waals surface area contributed by atoms with E-state index in [0.29, 0.717) is 36.8 Å². The van der Waals surface area contributed by atoms with Gasteiger partial charge in [0.25, 0.3) is 0 Å². The fourth-order valence-corrected chi connectivity index (χ4v) is 7.94. The number of hydrogen-bond donors (Lipinski definition) is 0. The smallest absolute Gasteiger partial charge is 0.238 e. The first-order valence-electron chi connectivity index (χ1n) is 13.6. The quantitative estimate of drug-likeness (QED) is 0.218. The van der Waals surface area contributed by atoms with Gasteiger partial charge < -0.3 is 0 Å². The topological polar surface area (TPSA) is 153 Å². The van der Waals surface area contributed by atoms with Crippen LogP contribution in [0.1, 0.15) is 11.1 Å². The monoisotopic (exact) mass is 710 g/mol. The van der Waals surface area contributed by atoms with E-state index < -0.39 is 82.5 Å². The normalized spacial score (nSPS) is 13.3. The van der Waals surface area contributed by atoms with Crippen molar-refractivity contribution in [3.8, 4) is 40.5 Å². The van der Waals surface area contributed by atoms with E-state index in [4.69, 9.17) is 19.7 Å². The standard InChI is InChI=1S/C34H14F4N6O4S2/c1-42-31-21(34(43-2)44-3)11-20-27(15-6-23(35)32(24(36)7-15)49(4,45)46)29-19(10-18(22(29)14-41)17(12-39)13-40)28(30(20)31)16-8-25(37)33(26(38)9-16)50(5,47)48/h6-9H,10-11H2,4-5H3. The highest BCUT2D eigenvalue weighted by Crippen LogP contribution is 2.41. The zero-order chi connectivity index (χ0) is 37.0. The second kappa shape index (κ2) is 12.2. The number of rotatable bonds is 4. The summed E-state index contributed by atoms with van der Waals surface area (Å²) >= 11 is 0. The number of fused-ring (bicyclic) bond motifs is 2. The molecular formula is C34H14F4N6O4S2. The largest absolute Gasteiger partial charge is 0.512 e. The summed E-state index contributed by atoms with van der Waals surface area (Å²) in [6.07, 6.45) is 0.171. The van der Waals surface area contributed by atoms with Gasteiger partial charge in [-0.25, -0.2) is 39.2 Å². The molecule has 0 N–H and O–H groups in total. The van der Waals surface area contributed by atoms with E-state index in [1.807, 2.05) is 6.07 Å². The highest BCUT2D eigenvalue weighted by Gasteiger charge is 2.37. The lowest BCUT2D eigenvalue weighted by Crippen LogP contribution is -2.25. The third-order valence-corrected chi connectivity index (χ3v) is 10.3. The predicted molar refractivity (Wildman–Crippen MR) is 168 cm³/mol. The zero-order valence-electron chi connectivity index (χ0n) is 25.4. The van der Waals surface area contributed by atoms with Gasteiger partial charge in [-0.05, 0) is 69.3 Å². The van der Waals surface area contributed by atoms with Crippen molar-refractivity contribution < 1.29 is 34.4 Å². The summed E-state index contributed by atoms with van der Waals surface area (Å²) in [6, 6.07) is 7.76. The molecule has 2 aliphatic carbocycles. The van der Waals surface area contributed by atoms with Crippen LogP contribution in [0.2, 0.25) is 0 Å². The Bertz CT molecular complexity index is 2600. The lowest BCUT2D eigenvalue weighted by atomic mass is 9.86. The summed E-state index contributed by atoms with van der Waals surface area (Å²) in [5.41, 5.74) is -3.07. The van der Waals surface area contributed by atoms with Crippen LogP contribution in [-0.4, -0.2) is 29.3 Å². The van der Waals surface area contributed by atoms with E-state index in [2.05, 4.69) is 14.5 Å². The van der Waals surface area contributed by atoms with E-state index in [9.17, 15) is 32.6 Å². The summed E-state index contributed by atoms with van der Waals surface area (Å²) in [5, 5.41) is 29.5. The molecule has 16 heteroatoms. The number of nitrogens with zero attached hydrogens (tertiary/aromatic N) is 6. The molecule has 10 nitrogen and oxygen atoms in total. The van der Waals surface area contributed by atoms with Crippen LogP contribution < -0.4 is 10.4 Å². The molecule has 0 unspecified atom stereocenters. The summed E-state index contributed by atoms with van der Waals surface area (Å²) in [7, 11) is -8.90. The minimum absolute atomic E-state index is 0.0760. The molecule has 0 aromatic heterocycles. The molecule has 50 heavy (non-hydrogen) atoms. The van der Waals surface area contributed by atoms with E-state index >= 15 is 17.6 Å². The minimum atomic E-state index is -4.45. The molecule has 0 heterocycles. The molecular weight excluding hydrogens is 697 g/mol. The van der Waals surface area contributed by atoms with Crippen molar-refractivity contribution in [1.82, 2.24) is 0 Å². The third kappa shape index (κ3) is 5.27. The van der Waals surface area contributed by atoms with Gasteiger partial charge in [-0.15, -0.1) is 0 Å². The Morgan fingerprint density at radius 2 is 1.10 bits per heavy atom. The Balaban J connectivity index is 2.19. The van der Waals surface area contributed by atoms with Crippen LogP contribution in [0.25, 0.3) is 48.1 Å². The fraction of sp³-hybridized carbons (Fsp3) is 0.118. The third-order valence-electron chi connectivity index (χ3n) is 8.03. The molecule has 0 atom stereocenters. The van der Waals surface area contributed by atoms with Crippen LogP contribution in [-0.2, 0) is 32.5 Å². The molecule has 0 bridgehead atoms. The van der Waals surface area contributed by atoms with Gasteiger partial charge in [0.15, 0.2) is 25.4 Å². The predicted octanol–water partition coefficient (Wildman–Crippen LogP) is 4.59. The molecule has 0 amide bonds. The van der Waals surface area contributed by atoms with E-state index in [-0.39, 0.29) is 60.7 Å². The van der Waals surface area contributed by atoms with Crippen LogP contribution in [0, 0.1) is 77.0 Å². The summed E-state index contributed by atoms with van der Waals surface area (Å²) in [5.74, 6) is -6.75. The molecule has 0 aliphatic heterocycles. The molecule has 0 radical (unpaired) electrons. The van der Waals surface area contributed by atoms with Crippen LogP contribution in [0.4, 0.5) is 17.6 Å². The Morgan fingerprint density at radius 1 is 0.700 bits per heavy atom. The number of nitriles is 3. The molecule has 0 saturated carbocycles. The lowest BCUT2D eigenvalue weighted by Gasteiger charge is -2.18. The lowest BCUT2D eigenvalue weighted by molar-refractivity contribution is 0.520. The second-order valence-corrected chi connectivity index (χ2v) is 14.8. The first-order chi connectivity index (χ1) is 23.5. The van der Waals surface area contributed by atoms with Crippen molar-refractivity contribution in [3.05, 3.63) is 126 Å². The van der Waals surface area contributed by atoms with Crippen LogP contribution in [0.3, 0.4) is 0 Å². The van der Waals surface area contributed by atoms with E-state index in [0.717, 1.165) is 0 Å². The van der Waals surface area contributed by atoms with E-state index in [1.54, 1.807) is 12.1 Å². The van der Waals surface area contributed by atoms with Gasteiger partial charge in [-0.2, -0.15) is 25.5 Å². The summed E-state index contributed by atoms with van der Waals surface area (Å²) in [6.45, 7) is 23.1. The van der Waals surface area contributed by atoms with Gasteiger partial charge in [0.2, 0.25) is 0 Å². The van der Waals surface area contributed by atoms with Gasteiger partial charge in [-0.3, -0.25) is 0 Å². The number of hydrogen-bond acceptors (Lipinski definition) is 7. The molecule has 0 saturated heterocycles. The number of halogens is 4.